The molecule has 0 aliphatic rings. The van der Waals surface area contributed by atoms with Crippen molar-refractivity contribution in [2.75, 3.05) is 7.05 Å². The van der Waals surface area contributed by atoms with Crippen molar-refractivity contribution in [1.29, 1.82) is 0 Å². The van der Waals surface area contributed by atoms with E-state index in [2.05, 4.69) is 30.4 Å². The summed E-state index contributed by atoms with van der Waals surface area (Å²) < 4.78 is 13.9. The van der Waals surface area contributed by atoms with E-state index in [1.54, 1.807) is 17.8 Å². The molecule has 3 heteroatoms. The van der Waals surface area contributed by atoms with Gasteiger partial charge in [0.15, 0.2) is 0 Å². The van der Waals surface area contributed by atoms with Gasteiger partial charge < -0.3 is 5.32 Å². The van der Waals surface area contributed by atoms with E-state index in [1.165, 1.54) is 17.2 Å². The number of nitrogens with one attached hydrogen (secondary N) is 1. The smallest absolute Gasteiger partial charge is 0.137 e. The third-order valence-electron chi connectivity index (χ3n) is 2.88. The molecular formula is C16H18FNS. The largest absolute Gasteiger partial charge is 0.316 e. The Morgan fingerprint density at radius 1 is 1.16 bits per heavy atom. The minimum absolute atomic E-state index is 0.134. The maximum Gasteiger partial charge on any atom is 0.137 e. The normalized spacial score (nSPS) is 10.7. The maximum atomic E-state index is 13.9. The zero-order valence-corrected chi connectivity index (χ0v) is 12.1. The second kappa shape index (κ2) is 6.73. The summed E-state index contributed by atoms with van der Waals surface area (Å²) in [5, 5.41) is 3.08. The van der Waals surface area contributed by atoms with Crippen molar-refractivity contribution < 1.29 is 4.39 Å². The first-order valence-electron chi connectivity index (χ1n) is 6.31. The molecule has 2 aromatic rings. The van der Waals surface area contributed by atoms with Gasteiger partial charge in [-0.25, -0.2) is 4.39 Å². The third-order valence-corrected chi connectivity index (χ3v) is 4.10. The molecule has 0 amide bonds. The number of hydrogen-bond acceptors (Lipinski definition) is 2. The molecule has 0 aliphatic heterocycles. The molecule has 2 rings (SSSR count). The second-order valence-corrected chi connectivity index (χ2v) is 5.52. The van der Waals surface area contributed by atoms with E-state index in [-0.39, 0.29) is 5.82 Å². The van der Waals surface area contributed by atoms with Crippen LogP contribution in [0, 0.1) is 12.7 Å². The van der Waals surface area contributed by atoms with Crippen LogP contribution in [0.2, 0.25) is 0 Å². The SMILES string of the molecule is CNCc1cccc(F)c1SCc1cccc(C)c1. The van der Waals surface area contributed by atoms with Crippen LogP contribution < -0.4 is 5.32 Å². The van der Waals surface area contributed by atoms with Gasteiger partial charge in [-0.05, 0) is 31.2 Å². The van der Waals surface area contributed by atoms with E-state index in [1.807, 2.05) is 19.2 Å². The van der Waals surface area contributed by atoms with Crippen LogP contribution in [-0.4, -0.2) is 7.05 Å². The van der Waals surface area contributed by atoms with Crippen LogP contribution >= 0.6 is 11.8 Å². The highest BCUT2D eigenvalue weighted by atomic mass is 32.2. The zero-order valence-electron chi connectivity index (χ0n) is 11.2. The average molecular weight is 275 g/mol. The van der Waals surface area contributed by atoms with Crippen molar-refractivity contribution in [2.24, 2.45) is 0 Å². The van der Waals surface area contributed by atoms with Gasteiger partial charge in [0.1, 0.15) is 5.82 Å². The summed E-state index contributed by atoms with van der Waals surface area (Å²) in [5.41, 5.74) is 3.48. The highest BCUT2D eigenvalue weighted by Crippen LogP contribution is 2.29. The van der Waals surface area contributed by atoms with E-state index in [4.69, 9.17) is 0 Å². The van der Waals surface area contributed by atoms with Gasteiger partial charge in [-0.1, -0.05) is 42.0 Å². The first-order valence-corrected chi connectivity index (χ1v) is 7.29. The molecule has 19 heavy (non-hydrogen) atoms. The Morgan fingerprint density at radius 3 is 2.68 bits per heavy atom. The molecule has 0 aromatic heterocycles. The molecule has 0 radical (unpaired) electrons. The topological polar surface area (TPSA) is 12.0 Å². The van der Waals surface area contributed by atoms with E-state index in [9.17, 15) is 4.39 Å². The maximum absolute atomic E-state index is 13.9. The first-order chi connectivity index (χ1) is 9.20. The lowest BCUT2D eigenvalue weighted by atomic mass is 10.2. The van der Waals surface area contributed by atoms with E-state index >= 15 is 0 Å². The molecule has 1 N–H and O–H groups in total. The Kier molecular flexibility index (Phi) is 5.00. The predicted octanol–water partition coefficient (Wildman–Crippen LogP) is 4.15. The standard InChI is InChI=1S/C16H18FNS/c1-12-5-3-6-13(9-12)11-19-16-14(10-18-2)7-4-8-15(16)17/h3-9,18H,10-11H2,1-2H3. The molecule has 0 atom stereocenters. The van der Waals surface area contributed by atoms with Crippen molar-refractivity contribution in [2.45, 2.75) is 24.1 Å². The van der Waals surface area contributed by atoms with E-state index in [0.29, 0.717) is 6.54 Å². The Labute approximate surface area is 118 Å². The minimum atomic E-state index is -0.134. The lowest BCUT2D eigenvalue weighted by Gasteiger charge is -2.10. The quantitative estimate of drug-likeness (QED) is 0.823. The van der Waals surface area contributed by atoms with Gasteiger partial charge in [0, 0.05) is 17.2 Å². The van der Waals surface area contributed by atoms with Gasteiger partial charge >= 0.3 is 0 Å². The Bertz CT molecular complexity index is 554. The number of hydrogen-bond donors (Lipinski definition) is 1. The molecule has 2 aromatic carbocycles. The van der Waals surface area contributed by atoms with Crippen LogP contribution in [0.1, 0.15) is 16.7 Å². The molecule has 0 aliphatic carbocycles. The first kappa shape index (κ1) is 14.1. The van der Waals surface area contributed by atoms with Crippen LogP contribution in [0.25, 0.3) is 0 Å². The summed E-state index contributed by atoms with van der Waals surface area (Å²) in [4.78, 5) is 0.748. The monoisotopic (exact) mass is 275 g/mol. The fourth-order valence-corrected chi connectivity index (χ4v) is 3.02. The van der Waals surface area contributed by atoms with Crippen LogP contribution in [0.4, 0.5) is 4.39 Å². The molecule has 0 unspecified atom stereocenters. The summed E-state index contributed by atoms with van der Waals surface area (Å²) in [6, 6.07) is 13.6. The Balaban J connectivity index is 2.14. The van der Waals surface area contributed by atoms with E-state index < -0.39 is 0 Å². The van der Waals surface area contributed by atoms with Crippen molar-refractivity contribution in [3.05, 3.63) is 65.0 Å². The second-order valence-electron chi connectivity index (χ2n) is 4.54. The highest BCUT2D eigenvalue weighted by Gasteiger charge is 2.08. The summed E-state index contributed by atoms with van der Waals surface area (Å²) >= 11 is 1.56. The molecule has 0 heterocycles. The lowest BCUT2D eigenvalue weighted by molar-refractivity contribution is 0.594. The van der Waals surface area contributed by atoms with Gasteiger partial charge in [-0.2, -0.15) is 0 Å². The zero-order chi connectivity index (χ0) is 13.7. The van der Waals surface area contributed by atoms with Crippen LogP contribution in [0.5, 0.6) is 0 Å². The molecule has 100 valence electrons. The molecule has 0 saturated heterocycles. The molecule has 0 bridgehead atoms. The number of thioether (sulfide) groups is 1. The van der Waals surface area contributed by atoms with Crippen molar-refractivity contribution in [1.82, 2.24) is 5.32 Å². The van der Waals surface area contributed by atoms with Gasteiger partial charge in [0.2, 0.25) is 0 Å². The molecule has 0 saturated carbocycles. The number of aryl methyl sites for hydroxylation is 1. The summed E-state index contributed by atoms with van der Waals surface area (Å²) in [6.07, 6.45) is 0. The number of benzene rings is 2. The molecule has 0 spiro atoms. The van der Waals surface area contributed by atoms with Gasteiger partial charge in [0.05, 0.1) is 0 Å². The van der Waals surface area contributed by atoms with Crippen LogP contribution in [-0.2, 0) is 12.3 Å². The van der Waals surface area contributed by atoms with Crippen molar-refractivity contribution in [3.8, 4) is 0 Å². The van der Waals surface area contributed by atoms with Crippen LogP contribution in [0.15, 0.2) is 47.4 Å². The minimum Gasteiger partial charge on any atom is -0.316 e. The van der Waals surface area contributed by atoms with Gasteiger partial charge in [-0.3, -0.25) is 0 Å². The number of halogens is 1. The fourth-order valence-electron chi connectivity index (χ4n) is 2.00. The van der Waals surface area contributed by atoms with Crippen molar-refractivity contribution >= 4 is 11.8 Å². The molecular weight excluding hydrogens is 257 g/mol. The van der Waals surface area contributed by atoms with Crippen LogP contribution in [0.3, 0.4) is 0 Å². The summed E-state index contributed by atoms with van der Waals surface area (Å²) in [7, 11) is 1.87. The average Bonchev–Trinajstić information content (AvgIpc) is 2.38. The predicted molar refractivity (Wildman–Crippen MR) is 79.9 cm³/mol. The Morgan fingerprint density at radius 2 is 1.95 bits per heavy atom. The van der Waals surface area contributed by atoms with Crippen molar-refractivity contribution in [3.63, 3.8) is 0 Å². The summed E-state index contributed by atoms with van der Waals surface area (Å²) in [6.45, 7) is 2.76. The van der Waals surface area contributed by atoms with Gasteiger partial charge in [0.25, 0.3) is 0 Å². The van der Waals surface area contributed by atoms with Gasteiger partial charge in [-0.15, -0.1) is 11.8 Å². The highest BCUT2D eigenvalue weighted by molar-refractivity contribution is 7.98. The van der Waals surface area contributed by atoms with E-state index in [0.717, 1.165) is 16.2 Å². The Hall–Kier alpha value is -1.32. The fraction of sp³-hybridized carbons (Fsp3) is 0.250. The molecule has 0 fully saturated rings. The lowest BCUT2D eigenvalue weighted by Crippen LogP contribution is -2.07. The molecule has 1 nitrogen and oxygen atoms in total. The summed E-state index contributed by atoms with van der Waals surface area (Å²) in [5.74, 6) is 0.657. The number of rotatable bonds is 5. The third kappa shape index (κ3) is 3.82.